The highest BCUT2D eigenvalue weighted by atomic mass is 32.2. The summed E-state index contributed by atoms with van der Waals surface area (Å²) in [6.07, 6.45) is 3.18. The molecule has 3 fully saturated rings. The van der Waals surface area contributed by atoms with Gasteiger partial charge in [-0.2, -0.15) is 8.61 Å². The molecule has 218 valence electrons. The summed E-state index contributed by atoms with van der Waals surface area (Å²) >= 11 is 0. The molecule has 0 atom stereocenters. The molecule has 4 aliphatic rings. The van der Waals surface area contributed by atoms with Crippen LogP contribution < -0.4 is 19.7 Å². The zero-order chi connectivity index (χ0) is 27.9. The Morgan fingerprint density at radius 1 is 0.725 bits per heavy atom. The fraction of sp³-hybridized carbons (Fsp3) is 0.556. The molecule has 6 rings (SSSR count). The van der Waals surface area contributed by atoms with Gasteiger partial charge in [-0.15, -0.1) is 0 Å². The topological polar surface area (TPSA) is 112 Å². The van der Waals surface area contributed by atoms with Crippen LogP contribution in [0.15, 0.2) is 40.1 Å². The molecule has 0 aliphatic carbocycles. The SMILES string of the molecule is CN1CCN(c2cc(NCc3ccc4c(c3)OCO4)c(S(=O)(=O)N3CCCC3)cc2S(=O)(=O)N2CCCC2)CC1. The van der Waals surface area contributed by atoms with E-state index in [1.54, 1.807) is 6.07 Å². The smallest absolute Gasteiger partial charge is 0.245 e. The van der Waals surface area contributed by atoms with Crippen molar-refractivity contribution < 1.29 is 26.3 Å². The summed E-state index contributed by atoms with van der Waals surface area (Å²) in [4.78, 5) is 4.35. The van der Waals surface area contributed by atoms with Crippen LogP contribution in [0.2, 0.25) is 0 Å². The Morgan fingerprint density at radius 2 is 1.32 bits per heavy atom. The molecule has 11 nitrogen and oxygen atoms in total. The normalized spacial score (nSPS) is 20.9. The predicted octanol–water partition coefficient (Wildman–Crippen LogP) is 2.35. The van der Waals surface area contributed by atoms with Gasteiger partial charge in [-0.1, -0.05) is 6.07 Å². The summed E-state index contributed by atoms with van der Waals surface area (Å²) < 4.78 is 69.8. The lowest BCUT2D eigenvalue weighted by Crippen LogP contribution is -2.45. The Bertz CT molecular complexity index is 1460. The number of likely N-dealkylation sites (N-methyl/N-ethyl adjacent to an activating group) is 1. The molecule has 0 unspecified atom stereocenters. The first-order valence-electron chi connectivity index (χ1n) is 14.0. The van der Waals surface area contributed by atoms with E-state index in [0.717, 1.165) is 44.3 Å². The molecule has 0 spiro atoms. The molecule has 0 radical (unpaired) electrons. The number of rotatable bonds is 8. The van der Waals surface area contributed by atoms with E-state index in [0.29, 0.717) is 68.7 Å². The van der Waals surface area contributed by atoms with Crippen molar-refractivity contribution in [2.75, 3.05) is 76.4 Å². The largest absolute Gasteiger partial charge is 0.454 e. The van der Waals surface area contributed by atoms with E-state index in [1.807, 2.05) is 25.2 Å². The summed E-state index contributed by atoms with van der Waals surface area (Å²) in [6.45, 7) is 5.14. The molecular formula is C27H37N5O6S2. The van der Waals surface area contributed by atoms with Gasteiger partial charge >= 0.3 is 0 Å². The van der Waals surface area contributed by atoms with Crippen molar-refractivity contribution in [2.45, 2.75) is 42.0 Å². The van der Waals surface area contributed by atoms with Gasteiger partial charge in [-0.3, -0.25) is 0 Å². The second-order valence-corrected chi connectivity index (χ2v) is 14.7. The molecule has 0 saturated carbocycles. The van der Waals surface area contributed by atoms with Gasteiger partial charge in [0.2, 0.25) is 26.8 Å². The highest BCUT2D eigenvalue weighted by molar-refractivity contribution is 7.90. The molecule has 0 bridgehead atoms. The highest BCUT2D eigenvalue weighted by Crippen LogP contribution is 2.39. The van der Waals surface area contributed by atoms with E-state index in [4.69, 9.17) is 9.47 Å². The first kappa shape index (κ1) is 27.6. The summed E-state index contributed by atoms with van der Waals surface area (Å²) in [6, 6.07) is 8.77. The summed E-state index contributed by atoms with van der Waals surface area (Å²) in [7, 11) is -5.78. The van der Waals surface area contributed by atoms with Crippen LogP contribution in [0.5, 0.6) is 11.5 Å². The van der Waals surface area contributed by atoms with E-state index in [-0.39, 0.29) is 16.6 Å². The summed E-state index contributed by atoms with van der Waals surface area (Å²) in [5.41, 5.74) is 1.84. The first-order chi connectivity index (χ1) is 19.2. The number of benzene rings is 2. The fourth-order valence-electron chi connectivity index (χ4n) is 5.79. The van der Waals surface area contributed by atoms with E-state index >= 15 is 0 Å². The standard InChI is InChI=1S/C27H37N5O6S2/c1-29-12-14-30(15-13-29)23-17-22(28-19-21-6-7-24-25(16-21)38-20-37-24)26(39(33,34)31-8-2-3-9-31)18-27(23)40(35,36)32-10-4-5-11-32/h6-7,16-18,28H,2-5,8-15,19-20H2,1H3. The van der Waals surface area contributed by atoms with E-state index in [1.165, 1.54) is 14.7 Å². The fourth-order valence-corrected chi connectivity index (χ4v) is 9.29. The van der Waals surface area contributed by atoms with Crippen LogP contribution in [0.4, 0.5) is 11.4 Å². The molecule has 2 aromatic rings. The minimum absolute atomic E-state index is 0.00536. The van der Waals surface area contributed by atoms with Crippen molar-refractivity contribution in [3.05, 3.63) is 35.9 Å². The molecule has 4 heterocycles. The van der Waals surface area contributed by atoms with E-state index in [2.05, 4.69) is 15.1 Å². The molecule has 1 N–H and O–H groups in total. The summed E-state index contributed by atoms with van der Waals surface area (Å²) in [5, 5.41) is 3.34. The van der Waals surface area contributed by atoms with E-state index in [9.17, 15) is 16.8 Å². The molecular weight excluding hydrogens is 554 g/mol. The summed E-state index contributed by atoms with van der Waals surface area (Å²) in [5.74, 6) is 1.32. The number of hydrogen-bond donors (Lipinski definition) is 1. The van der Waals surface area contributed by atoms with Crippen LogP contribution in [0.25, 0.3) is 0 Å². The van der Waals surface area contributed by atoms with Gasteiger partial charge in [-0.25, -0.2) is 16.8 Å². The number of fused-ring (bicyclic) bond motifs is 1. The zero-order valence-corrected chi connectivity index (χ0v) is 24.5. The number of anilines is 2. The first-order valence-corrected chi connectivity index (χ1v) is 16.9. The van der Waals surface area contributed by atoms with Gasteiger partial charge in [0.05, 0.1) is 11.4 Å². The lowest BCUT2D eigenvalue weighted by Gasteiger charge is -2.36. The quantitative estimate of drug-likeness (QED) is 0.495. The van der Waals surface area contributed by atoms with Gasteiger partial charge in [0.15, 0.2) is 11.5 Å². The Morgan fingerprint density at radius 3 is 1.98 bits per heavy atom. The predicted molar refractivity (Wildman–Crippen MR) is 152 cm³/mol. The van der Waals surface area contributed by atoms with Crippen molar-refractivity contribution in [3.63, 3.8) is 0 Å². The van der Waals surface area contributed by atoms with Gasteiger partial charge in [0, 0.05) is 58.9 Å². The van der Waals surface area contributed by atoms with E-state index < -0.39 is 20.0 Å². The average Bonchev–Trinajstić information content (AvgIpc) is 3.75. The van der Waals surface area contributed by atoms with Crippen LogP contribution in [-0.4, -0.2) is 96.5 Å². The number of nitrogens with one attached hydrogen (secondary N) is 1. The van der Waals surface area contributed by atoms with Crippen molar-refractivity contribution >= 4 is 31.4 Å². The zero-order valence-electron chi connectivity index (χ0n) is 22.8. The van der Waals surface area contributed by atoms with Gasteiger partial charge in [-0.05, 0) is 62.6 Å². The van der Waals surface area contributed by atoms with Crippen LogP contribution >= 0.6 is 0 Å². The molecule has 4 aliphatic heterocycles. The number of nitrogens with zero attached hydrogens (tertiary/aromatic N) is 4. The molecule has 2 aromatic carbocycles. The maximum Gasteiger partial charge on any atom is 0.245 e. The van der Waals surface area contributed by atoms with Gasteiger partial charge in [0.25, 0.3) is 0 Å². The maximum atomic E-state index is 14.0. The van der Waals surface area contributed by atoms with Crippen LogP contribution in [0, 0.1) is 0 Å². The minimum atomic E-state index is -3.93. The number of sulfonamides is 2. The second-order valence-electron chi connectivity index (χ2n) is 10.9. The molecule has 13 heteroatoms. The third-order valence-corrected chi connectivity index (χ3v) is 12.1. The monoisotopic (exact) mass is 591 g/mol. The molecule has 0 aromatic heterocycles. The number of hydrogen-bond acceptors (Lipinski definition) is 9. The maximum absolute atomic E-state index is 14.0. The van der Waals surface area contributed by atoms with Crippen molar-refractivity contribution in [3.8, 4) is 11.5 Å². The van der Waals surface area contributed by atoms with Crippen molar-refractivity contribution in [1.29, 1.82) is 0 Å². The van der Waals surface area contributed by atoms with Gasteiger partial charge < -0.3 is 24.6 Å². The average molecular weight is 592 g/mol. The Labute approximate surface area is 236 Å². The number of piperazine rings is 1. The Balaban J connectivity index is 1.45. The lowest BCUT2D eigenvalue weighted by atomic mass is 10.2. The van der Waals surface area contributed by atoms with Crippen LogP contribution in [0.3, 0.4) is 0 Å². The molecule has 0 amide bonds. The highest BCUT2D eigenvalue weighted by Gasteiger charge is 2.36. The number of ether oxygens (including phenoxy) is 2. The third kappa shape index (κ3) is 5.25. The Hall–Kier alpha value is -2.58. The lowest BCUT2D eigenvalue weighted by molar-refractivity contribution is 0.174. The van der Waals surface area contributed by atoms with Crippen LogP contribution in [-0.2, 0) is 26.6 Å². The second kappa shape index (κ2) is 11.0. The third-order valence-electron chi connectivity index (χ3n) is 8.19. The van der Waals surface area contributed by atoms with Crippen LogP contribution in [0.1, 0.15) is 31.2 Å². The van der Waals surface area contributed by atoms with Gasteiger partial charge in [0.1, 0.15) is 9.79 Å². The molecule has 40 heavy (non-hydrogen) atoms. The Kier molecular flexibility index (Phi) is 7.59. The van der Waals surface area contributed by atoms with Crippen molar-refractivity contribution in [2.24, 2.45) is 0 Å². The molecule has 3 saturated heterocycles. The minimum Gasteiger partial charge on any atom is -0.454 e. The van der Waals surface area contributed by atoms with Crippen molar-refractivity contribution in [1.82, 2.24) is 13.5 Å².